The van der Waals surface area contributed by atoms with Gasteiger partial charge >= 0.3 is 0 Å². The Bertz CT molecular complexity index is 1030. The van der Waals surface area contributed by atoms with Crippen molar-refractivity contribution in [3.8, 4) is 11.4 Å². The summed E-state index contributed by atoms with van der Waals surface area (Å²) >= 11 is 0. The van der Waals surface area contributed by atoms with E-state index in [0.717, 1.165) is 47.5 Å². The molecular weight excluding hydrogens is 402 g/mol. The average Bonchev–Trinajstić information content (AvgIpc) is 3.28. The molecule has 2 aliphatic heterocycles. The summed E-state index contributed by atoms with van der Waals surface area (Å²) in [6.07, 6.45) is 5.07. The number of rotatable bonds is 3. The molecule has 9 heteroatoms. The van der Waals surface area contributed by atoms with E-state index < -0.39 is 10.6 Å². The molecular formula is C21H27N5O3S. The maximum Gasteiger partial charge on any atom is 0.130 e. The van der Waals surface area contributed by atoms with Crippen LogP contribution < -0.4 is 4.90 Å². The van der Waals surface area contributed by atoms with Gasteiger partial charge in [-0.3, -0.25) is 19.2 Å². The number of nitrogens with zero attached hydrogens (tertiary/aromatic N) is 4. The molecule has 2 saturated heterocycles. The topological polar surface area (TPSA) is 107 Å². The molecule has 3 N–H and O–H groups in total. The number of pyridine rings is 2. The van der Waals surface area contributed by atoms with E-state index in [4.69, 9.17) is 9.72 Å². The molecule has 0 spiro atoms. The van der Waals surface area contributed by atoms with Gasteiger partial charge in [0.15, 0.2) is 0 Å². The third-order valence-electron chi connectivity index (χ3n) is 6.19. The zero-order chi connectivity index (χ0) is 20.7. The first-order chi connectivity index (χ1) is 14.5. The van der Waals surface area contributed by atoms with Crippen molar-refractivity contribution in [1.29, 1.82) is 0 Å². The minimum Gasteiger partial charge on any atom is -0.377 e. The highest BCUT2D eigenvalue weighted by Crippen LogP contribution is 2.49. The van der Waals surface area contributed by atoms with E-state index in [0.29, 0.717) is 24.7 Å². The second-order valence-electron chi connectivity index (χ2n) is 8.20. The molecule has 0 amide bonds. The number of nitrogens with one attached hydrogen (secondary N) is 1. The number of aromatic nitrogens is 4. The lowest BCUT2D eigenvalue weighted by Crippen LogP contribution is -2.44. The maximum atomic E-state index is 10.1. The Morgan fingerprint density at radius 3 is 2.77 bits per heavy atom. The van der Waals surface area contributed by atoms with Crippen molar-refractivity contribution < 1.29 is 13.8 Å². The molecule has 160 valence electrons. The zero-order valence-corrected chi connectivity index (χ0v) is 17.8. The van der Waals surface area contributed by atoms with Crippen LogP contribution >= 0.6 is 10.6 Å². The molecule has 5 rings (SSSR count). The third-order valence-corrected chi connectivity index (χ3v) is 7.97. The summed E-state index contributed by atoms with van der Waals surface area (Å²) in [5.74, 6) is 2.12. The molecule has 3 aromatic heterocycles. The smallest absolute Gasteiger partial charge is 0.130 e. The van der Waals surface area contributed by atoms with Crippen molar-refractivity contribution in [1.82, 2.24) is 20.2 Å². The molecule has 3 aromatic rings. The molecule has 2 fully saturated rings. The van der Waals surface area contributed by atoms with Gasteiger partial charge < -0.3 is 9.64 Å². The van der Waals surface area contributed by atoms with E-state index in [1.807, 2.05) is 18.3 Å². The Balaban J connectivity index is 1.66. The van der Waals surface area contributed by atoms with Gasteiger partial charge in [-0.15, -0.1) is 0 Å². The minimum absolute atomic E-state index is 0.238. The summed E-state index contributed by atoms with van der Waals surface area (Å²) < 4.78 is 25.8. The lowest BCUT2D eigenvalue weighted by molar-refractivity contribution is 0.0985. The fourth-order valence-corrected chi connectivity index (χ4v) is 6.05. The highest BCUT2D eigenvalue weighted by atomic mass is 32.3. The molecule has 0 aliphatic carbocycles. The fourth-order valence-electron chi connectivity index (χ4n) is 4.52. The van der Waals surface area contributed by atoms with E-state index >= 15 is 0 Å². The maximum absolute atomic E-state index is 10.1. The second-order valence-corrected chi connectivity index (χ2v) is 10.6. The molecule has 0 aromatic carbocycles. The molecule has 8 nitrogen and oxygen atoms in total. The monoisotopic (exact) mass is 429 g/mol. The van der Waals surface area contributed by atoms with E-state index in [1.54, 1.807) is 6.20 Å². The standard InChI is InChI=1S/C21H27N5O3S/c1-14-13-29-9-8-26(14)19-12-17(15-4-10-30(27,28)11-5-15)16-2-6-22-21(20(16)24-19)18-3-7-23-25-18/h2-3,6-7,12,14-15,27-28H,4-5,8-11,13H2,1H3,(H,23,25)/t14-/m1/s1. The summed E-state index contributed by atoms with van der Waals surface area (Å²) in [5, 5.41) is 8.17. The van der Waals surface area contributed by atoms with Crippen LogP contribution in [0.15, 0.2) is 30.6 Å². The van der Waals surface area contributed by atoms with Crippen molar-refractivity contribution in [2.75, 3.05) is 36.2 Å². The van der Waals surface area contributed by atoms with Crippen molar-refractivity contribution in [3.63, 3.8) is 0 Å². The van der Waals surface area contributed by atoms with Crippen molar-refractivity contribution >= 4 is 27.3 Å². The molecule has 0 saturated carbocycles. The largest absolute Gasteiger partial charge is 0.377 e. The summed E-state index contributed by atoms with van der Waals surface area (Å²) in [6, 6.07) is 6.37. The van der Waals surface area contributed by atoms with Crippen LogP contribution in [0.4, 0.5) is 5.82 Å². The summed E-state index contributed by atoms with van der Waals surface area (Å²) in [6.45, 7) is 4.31. The number of hydrogen-bond acceptors (Lipinski definition) is 7. The third kappa shape index (κ3) is 3.66. The molecule has 30 heavy (non-hydrogen) atoms. The lowest BCUT2D eigenvalue weighted by Gasteiger charge is -2.40. The summed E-state index contributed by atoms with van der Waals surface area (Å²) in [4.78, 5) is 12.0. The number of fused-ring (bicyclic) bond motifs is 1. The highest BCUT2D eigenvalue weighted by Gasteiger charge is 2.29. The van der Waals surface area contributed by atoms with Crippen molar-refractivity contribution in [2.24, 2.45) is 0 Å². The number of aromatic amines is 1. The Morgan fingerprint density at radius 2 is 2.03 bits per heavy atom. The van der Waals surface area contributed by atoms with Crippen LogP contribution in [0.3, 0.4) is 0 Å². The van der Waals surface area contributed by atoms with Gasteiger partial charge in [0.2, 0.25) is 0 Å². The molecule has 0 unspecified atom stereocenters. The normalized spacial score (nSPS) is 23.6. The van der Waals surface area contributed by atoms with Crippen molar-refractivity contribution in [2.45, 2.75) is 31.7 Å². The van der Waals surface area contributed by atoms with Crippen LogP contribution in [0.25, 0.3) is 22.3 Å². The first-order valence-electron chi connectivity index (χ1n) is 10.4. The van der Waals surface area contributed by atoms with Gasteiger partial charge in [0.25, 0.3) is 0 Å². The van der Waals surface area contributed by atoms with Crippen molar-refractivity contribution in [3.05, 3.63) is 36.2 Å². The van der Waals surface area contributed by atoms with Crippen LogP contribution in [-0.4, -0.2) is 66.6 Å². The van der Waals surface area contributed by atoms with Crippen LogP contribution in [0.2, 0.25) is 0 Å². The average molecular weight is 430 g/mol. The first-order valence-corrected chi connectivity index (χ1v) is 12.3. The zero-order valence-electron chi connectivity index (χ0n) is 17.0. The molecule has 2 aliphatic rings. The van der Waals surface area contributed by atoms with Crippen LogP contribution in [0, 0.1) is 0 Å². The van der Waals surface area contributed by atoms with Gasteiger partial charge in [0.1, 0.15) is 17.0 Å². The second kappa shape index (κ2) is 7.81. The number of hydrogen-bond donors (Lipinski definition) is 3. The molecule has 0 radical (unpaired) electrons. The highest BCUT2D eigenvalue weighted by molar-refractivity contribution is 8.24. The van der Waals surface area contributed by atoms with E-state index in [1.165, 1.54) is 5.56 Å². The van der Waals surface area contributed by atoms with Gasteiger partial charge in [0.05, 0.1) is 24.9 Å². The number of anilines is 1. The Labute approximate surface area is 177 Å². The summed E-state index contributed by atoms with van der Waals surface area (Å²) in [7, 11) is -2.43. The lowest BCUT2D eigenvalue weighted by atomic mass is 9.90. The van der Waals surface area contributed by atoms with Gasteiger partial charge in [-0.1, -0.05) is 0 Å². The predicted molar refractivity (Wildman–Crippen MR) is 119 cm³/mol. The van der Waals surface area contributed by atoms with E-state index in [2.05, 4.69) is 33.1 Å². The molecule has 5 heterocycles. The summed E-state index contributed by atoms with van der Waals surface area (Å²) in [5.41, 5.74) is 3.69. The molecule has 0 bridgehead atoms. The minimum atomic E-state index is -2.43. The Morgan fingerprint density at radius 1 is 1.20 bits per heavy atom. The number of ether oxygens (including phenoxy) is 1. The SMILES string of the molecule is C[C@@H]1COCCN1c1cc(C2CCS(O)(O)CC2)c2ccnc(-c3ccn[nH]3)c2n1. The number of morpholine rings is 1. The van der Waals surface area contributed by atoms with E-state index in [9.17, 15) is 9.11 Å². The molecule has 1 atom stereocenters. The van der Waals surface area contributed by atoms with Gasteiger partial charge in [0, 0.05) is 35.8 Å². The van der Waals surface area contributed by atoms with Crippen LogP contribution in [0.5, 0.6) is 0 Å². The Hall–Kier alpha value is -2.20. The van der Waals surface area contributed by atoms with Gasteiger partial charge in [-0.25, -0.2) is 4.98 Å². The van der Waals surface area contributed by atoms with E-state index in [-0.39, 0.29) is 12.0 Å². The van der Waals surface area contributed by atoms with Crippen LogP contribution in [0.1, 0.15) is 31.2 Å². The first kappa shape index (κ1) is 19.7. The fraction of sp³-hybridized carbons (Fsp3) is 0.476. The van der Waals surface area contributed by atoms with Crippen LogP contribution in [-0.2, 0) is 4.74 Å². The van der Waals surface area contributed by atoms with Gasteiger partial charge in [-0.05, 0) is 49.4 Å². The van der Waals surface area contributed by atoms with Gasteiger partial charge in [-0.2, -0.15) is 15.7 Å². The quantitative estimate of drug-likeness (QED) is 0.580. The Kier molecular flexibility index (Phi) is 5.14. The number of H-pyrrole nitrogens is 1. The predicted octanol–water partition coefficient (Wildman–Crippen LogP) is 3.87.